The van der Waals surface area contributed by atoms with Crippen molar-refractivity contribution < 1.29 is 37.9 Å². The Morgan fingerprint density at radius 1 is 1.35 bits per heavy atom. The third-order valence-electron chi connectivity index (χ3n) is 5.21. The molecule has 1 saturated heterocycles. The molecule has 2 aliphatic rings. The van der Waals surface area contributed by atoms with E-state index in [1.807, 2.05) is 0 Å². The molecular weight excluding hydrogens is 427 g/mol. The second kappa shape index (κ2) is 9.65. The van der Waals surface area contributed by atoms with Gasteiger partial charge in [-0.05, 0) is 38.5 Å². The molecular formula is C20H27N2O8P. The molecule has 1 fully saturated rings. The Hall–Kier alpha value is -1.99. The highest BCUT2D eigenvalue weighted by atomic mass is 31.2. The molecule has 10 nitrogen and oxygen atoms in total. The lowest BCUT2D eigenvalue weighted by atomic mass is 9.85. The minimum atomic E-state index is -4.54. The number of likely N-dealkylation sites (tertiary alicyclic amines) is 1. The van der Waals surface area contributed by atoms with Crippen LogP contribution in [0.1, 0.15) is 43.9 Å². The molecule has 0 aromatic heterocycles. The number of aliphatic hydroxyl groups is 1. The quantitative estimate of drug-likeness (QED) is 0.423. The number of phosphoric ester groups is 1. The average Bonchev–Trinajstić information content (AvgIpc) is 3.13. The number of phosphoric acid groups is 1. The summed E-state index contributed by atoms with van der Waals surface area (Å²) in [5.41, 5.74) is -0.157. The summed E-state index contributed by atoms with van der Waals surface area (Å²) < 4.78 is 34.3. The van der Waals surface area contributed by atoms with Crippen molar-refractivity contribution in [3.05, 3.63) is 29.3 Å². The summed E-state index contributed by atoms with van der Waals surface area (Å²) in [5, 5.41) is 18.0. The van der Waals surface area contributed by atoms with Crippen LogP contribution in [0.5, 0.6) is 5.75 Å². The summed E-state index contributed by atoms with van der Waals surface area (Å²) in [7, 11) is -4.54. The molecule has 3 atom stereocenters. The number of hydrogen-bond acceptors (Lipinski definition) is 8. The highest BCUT2D eigenvalue weighted by molar-refractivity contribution is 7.47. The predicted octanol–water partition coefficient (Wildman–Crippen LogP) is 1.90. The van der Waals surface area contributed by atoms with Gasteiger partial charge in [-0.3, -0.25) is 13.8 Å². The molecule has 2 N–H and O–H groups in total. The number of aliphatic hydroxyl groups excluding tert-OH is 1. The van der Waals surface area contributed by atoms with E-state index in [0.717, 1.165) is 0 Å². The average molecular weight is 454 g/mol. The van der Waals surface area contributed by atoms with E-state index < -0.39 is 25.6 Å². The van der Waals surface area contributed by atoms with Crippen LogP contribution in [0, 0.1) is 11.3 Å². The molecule has 0 saturated carbocycles. The smallest absolute Gasteiger partial charge is 0.472 e. The van der Waals surface area contributed by atoms with Crippen molar-refractivity contribution in [3.63, 3.8) is 0 Å². The minimum Gasteiger partial charge on any atom is -0.485 e. The fourth-order valence-electron chi connectivity index (χ4n) is 3.86. The van der Waals surface area contributed by atoms with Gasteiger partial charge in [-0.2, -0.15) is 5.26 Å². The van der Waals surface area contributed by atoms with Crippen molar-refractivity contribution >= 4 is 13.7 Å². The Morgan fingerprint density at radius 3 is 2.77 bits per heavy atom. The number of hydrogen-bond donors (Lipinski definition) is 2. The topological polar surface area (TPSA) is 139 Å². The van der Waals surface area contributed by atoms with Gasteiger partial charge in [0.25, 0.3) is 0 Å². The Morgan fingerprint density at radius 2 is 2.13 bits per heavy atom. The molecule has 1 amide bonds. The second-order valence-electron chi connectivity index (χ2n) is 7.87. The van der Waals surface area contributed by atoms with Crippen molar-refractivity contribution in [1.29, 1.82) is 5.26 Å². The standard InChI is InChI=1S/C20H27N2O8P/c1-20(2)19(30-31(25,26)28-11-10-27-9-8-23)18(22-7-3-4-17(22)24)15-12-14(13-21)5-6-16(15)29-20/h5-6,12,18-19,23H,3-4,7-11H2,1-2H3,(H,25,26)/t18-,19+/m1/s1. The lowest BCUT2D eigenvalue weighted by Crippen LogP contribution is -2.54. The van der Waals surface area contributed by atoms with Gasteiger partial charge in [0, 0.05) is 18.5 Å². The first-order chi connectivity index (χ1) is 14.7. The van der Waals surface area contributed by atoms with Crippen LogP contribution in [0.25, 0.3) is 0 Å². The van der Waals surface area contributed by atoms with Crippen molar-refractivity contribution in [2.75, 3.05) is 33.0 Å². The number of nitriles is 1. The van der Waals surface area contributed by atoms with E-state index in [0.29, 0.717) is 36.3 Å². The SMILES string of the molecule is CC1(C)Oc2ccc(C#N)cc2[C@@H](N2CCCC2=O)[C@@H]1OP(=O)(O)OCCOCCO. The molecule has 11 heteroatoms. The lowest BCUT2D eigenvalue weighted by molar-refractivity contribution is -0.139. The highest BCUT2D eigenvalue weighted by Gasteiger charge is 2.52. The van der Waals surface area contributed by atoms with Crippen LogP contribution in [-0.4, -0.2) is 65.5 Å². The first kappa shape index (κ1) is 23.7. The zero-order chi connectivity index (χ0) is 22.6. The summed E-state index contributed by atoms with van der Waals surface area (Å²) >= 11 is 0. The minimum absolute atomic E-state index is 0.00142. The van der Waals surface area contributed by atoms with E-state index in [1.165, 1.54) is 0 Å². The number of carbonyl (C=O) groups excluding carboxylic acids is 1. The molecule has 0 aliphatic carbocycles. The van der Waals surface area contributed by atoms with Gasteiger partial charge in [-0.25, -0.2) is 4.57 Å². The highest BCUT2D eigenvalue weighted by Crippen LogP contribution is 2.53. The Balaban J connectivity index is 1.91. The van der Waals surface area contributed by atoms with Crippen LogP contribution in [0.15, 0.2) is 18.2 Å². The molecule has 2 heterocycles. The van der Waals surface area contributed by atoms with Crippen LogP contribution < -0.4 is 4.74 Å². The molecule has 170 valence electrons. The van der Waals surface area contributed by atoms with Crippen molar-refractivity contribution in [1.82, 2.24) is 4.90 Å². The van der Waals surface area contributed by atoms with Gasteiger partial charge in [0.05, 0.1) is 44.1 Å². The zero-order valence-corrected chi connectivity index (χ0v) is 18.4. The third-order valence-corrected chi connectivity index (χ3v) is 6.22. The van der Waals surface area contributed by atoms with Crippen molar-refractivity contribution in [3.8, 4) is 11.8 Å². The first-order valence-electron chi connectivity index (χ1n) is 10.1. The Bertz CT molecular complexity index is 900. The van der Waals surface area contributed by atoms with Gasteiger partial charge in [0.2, 0.25) is 5.91 Å². The summed E-state index contributed by atoms with van der Waals surface area (Å²) in [6.07, 6.45) is -0.00973. The molecule has 0 spiro atoms. The van der Waals surface area contributed by atoms with Gasteiger partial charge in [-0.15, -0.1) is 0 Å². The Kier molecular flexibility index (Phi) is 7.37. The van der Waals surface area contributed by atoms with Gasteiger partial charge >= 0.3 is 7.82 Å². The summed E-state index contributed by atoms with van der Waals surface area (Å²) in [6, 6.07) is 6.23. The van der Waals surface area contributed by atoms with E-state index in [9.17, 15) is 19.5 Å². The third kappa shape index (κ3) is 5.44. The molecule has 1 unspecified atom stereocenters. The first-order valence-corrected chi connectivity index (χ1v) is 11.5. The van der Waals surface area contributed by atoms with E-state index in [2.05, 4.69) is 6.07 Å². The van der Waals surface area contributed by atoms with Crippen molar-refractivity contribution in [2.45, 2.75) is 44.4 Å². The molecule has 0 radical (unpaired) electrons. The fraction of sp³-hybridized carbons (Fsp3) is 0.600. The number of benzene rings is 1. The number of amides is 1. The Labute approximate surface area is 180 Å². The summed E-state index contributed by atoms with van der Waals surface area (Å²) in [4.78, 5) is 24.5. The summed E-state index contributed by atoms with van der Waals surface area (Å²) in [6.45, 7) is 3.57. The number of fused-ring (bicyclic) bond motifs is 1. The van der Waals surface area contributed by atoms with Gasteiger partial charge in [0.1, 0.15) is 17.5 Å². The van der Waals surface area contributed by atoms with Gasteiger partial charge < -0.3 is 24.4 Å². The largest absolute Gasteiger partial charge is 0.485 e. The lowest BCUT2D eigenvalue weighted by Gasteiger charge is -2.47. The predicted molar refractivity (Wildman–Crippen MR) is 108 cm³/mol. The maximum absolute atomic E-state index is 12.7. The number of ether oxygens (including phenoxy) is 2. The number of nitrogens with zero attached hydrogens (tertiary/aromatic N) is 2. The van der Waals surface area contributed by atoms with Crippen LogP contribution in [0.2, 0.25) is 0 Å². The second-order valence-corrected chi connectivity index (χ2v) is 9.28. The van der Waals surface area contributed by atoms with E-state index in [1.54, 1.807) is 36.9 Å². The number of carbonyl (C=O) groups is 1. The molecule has 1 aromatic carbocycles. The maximum Gasteiger partial charge on any atom is 0.472 e. The van der Waals surface area contributed by atoms with E-state index in [-0.39, 0.29) is 32.3 Å². The number of rotatable bonds is 9. The van der Waals surface area contributed by atoms with Crippen molar-refractivity contribution in [2.24, 2.45) is 0 Å². The monoisotopic (exact) mass is 454 g/mol. The van der Waals surface area contributed by atoms with E-state index >= 15 is 0 Å². The maximum atomic E-state index is 12.7. The fourth-order valence-corrected chi connectivity index (χ4v) is 4.88. The summed E-state index contributed by atoms with van der Waals surface area (Å²) in [5.74, 6) is 0.385. The van der Waals surface area contributed by atoms with E-state index in [4.69, 9.17) is 23.6 Å². The van der Waals surface area contributed by atoms with Gasteiger partial charge in [-0.1, -0.05) is 0 Å². The molecule has 2 aliphatic heterocycles. The molecule has 1 aromatic rings. The van der Waals surface area contributed by atoms with Crippen LogP contribution in [0.4, 0.5) is 0 Å². The van der Waals surface area contributed by atoms with Crippen LogP contribution in [0.3, 0.4) is 0 Å². The van der Waals surface area contributed by atoms with Crippen LogP contribution >= 0.6 is 7.82 Å². The molecule has 31 heavy (non-hydrogen) atoms. The van der Waals surface area contributed by atoms with Crippen LogP contribution in [-0.2, 0) is 23.1 Å². The molecule has 0 bridgehead atoms. The zero-order valence-electron chi connectivity index (χ0n) is 17.5. The molecule has 3 rings (SSSR count). The normalized spacial score (nSPS) is 24.2. The van der Waals surface area contributed by atoms with Gasteiger partial charge in [0.15, 0.2) is 0 Å².